The first-order chi connectivity index (χ1) is 15.0. The zero-order valence-electron chi connectivity index (χ0n) is 20.9. The van der Waals surface area contributed by atoms with E-state index in [4.69, 9.17) is 4.74 Å². The maximum Gasteiger partial charge on any atom is 0.214 e. The Bertz CT molecular complexity index is 879. The molecule has 182 valence electrons. The van der Waals surface area contributed by atoms with Crippen molar-refractivity contribution in [3.05, 3.63) is 23.3 Å². The maximum atomic E-state index is 12.1. The Hall–Kier alpha value is -1.31. The maximum absolute atomic E-state index is 12.1. The first-order valence-electron chi connectivity index (χ1n) is 12.3. The molecule has 6 nitrogen and oxygen atoms in total. The minimum Gasteiger partial charge on any atom is -0.385 e. The highest BCUT2D eigenvalue weighted by Crippen LogP contribution is 2.33. The molecule has 1 saturated carbocycles. The van der Waals surface area contributed by atoms with Gasteiger partial charge in [-0.05, 0) is 103 Å². The van der Waals surface area contributed by atoms with Crippen LogP contribution in [0.4, 0.5) is 11.4 Å². The van der Waals surface area contributed by atoms with Crippen LogP contribution < -0.4 is 14.9 Å². The smallest absolute Gasteiger partial charge is 0.214 e. The fourth-order valence-corrected chi connectivity index (χ4v) is 5.93. The van der Waals surface area contributed by atoms with E-state index in [0.717, 1.165) is 38.8 Å². The second-order valence-electron chi connectivity index (χ2n) is 10.2. The fraction of sp³-hybridized carbons (Fsp3) is 0.760. The first-order valence-corrected chi connectivity index (χ1v) is 13.8. The lowest BCUT2D eigenvalue weighted by molar-refractivity contribution is -0.0258. The third kappa shape index (κ3) is 5.78. The molecule has 1 aliphatic heterocycles. The van der Waals surface area contributed by atoms with Gasteiger partial charge in [0.15, 0.2) is 0 Å². The Balaban J connectivity index is 1.57. The van der Waals surface area contributed by atoms with Gasteiger partial charge in [0.2, 0.25) is 10.0 Å². The van der Waals surface area contributed by atoms with Crippen LogP contribution in [0.3, 0.4) is 0 Å². The molecule has 0 bridgehead atoms. The number of benzene rings is 1. The normalized spacial score (nSPS) is 29.4. The van der Waals surface area contributed by atoms with E-state index in [1.54, 1.807) is 13.8 Å². The molecule has 2 aliphatic rings. The summed E-state index contributed by atoms with van der Waals surface area (Å²) < 4.78 is 33.1. The molecule has 0 spiro atoms. The van der Waals surface area contributed by atoms with Crippen LogP contribution in [0, 0.1) is 19.8 Å². The highest BCUT2D eigenvalue weighted by molar-refractivity contribution is 7.90. The summed E-state index contributed by atoms with van der Waals surface area (Å²) >= 11 is 0. The standard InChI is InChI=1S/C25H43N3O3S/c1-16(2)32(29,30)27-23-10-8-22(9-11-23)14-26-24-12-13-25(19(5)18(24)4)28-15-17(3)31-21(7)20(28)6/h12-13,16-17,20-23,26-27H,8-11,14-15H2,1-7H3. The molecule has 3 atom stereocenters. The van der Waals surface area contributed by atoms with Gasteiger partial charge in [0.05, 0.1) is 23.5 Å². The van der Waals surface area contributed by atoms with Gasteiger partial charge in [-0.2, -0.15) is 0 Å². The topological polar surface area (TPSA) is 70.7 Å². The molecule has 0 amide bonds. The number of rotatable bonds is 7. The Labute approximate surface area is 195 Å². The molecule has 2 fully saturated rings. The molecule has 0 radical (unpaired) electrons. The zero-order chi connectivity index (χ0) is 23.6. The molecule has 3 unspecified atom stereocenters. The summed E-state index contributed by atoms with van der Waals surface area (Å²) in [7, 11) is -3.18. The molecule has 3 rings (SSSR count). The predicted molar refractivity (Wildman–Crippen MR) is 134 cm³/mol. The van der Waals surface area contributed by atoms with Crippen LogP contribution >= 0.6 is 0 Å². The Morgan fingerprint density at radius 2 is 1.72 bits per heavy atom. The third-order valence-corrected chi connectivity index (χ3v) is 9.42. The van der Waals surface area contributed by atoms with Gasteiger partial charge in [0.25, 0.3) is 0 Å². The largest absolute Gasteiger partial charge is 0.385 e. The van der Waals surface area contributed by atoms with Crippen LogP contribution in [0.15, 0.2) is 12.1 Å². The van der Waals surface area contributed by atoms with E-state index in [2.05, 4.69) is 61.7 Å². The molecule has 32 heavy (non-hydrogen) atoms. The van der Waals surface area contributed by atoms with E-state index in [9.17, 15) is 8.42 Å². The quantitative estimate of drug-likeness (QED) is 0.616. The summed E-state index contributed by atoms with van der Waals surface area (Å²) in [5.74, 6) is 0.579. The number of nitrogens with one attached hydrogen (secondary N) is 2. The van der Waals surface area contributed by atoms with E-state index in [0.29, 0.717) is 12.0 Å². The van der Waals surface area contributed by atoms with Crippen molar-refractivity contribution in [2.24, 2.45) is 5.92 Å². The third-order valence-electron chi connectivity index (χ3n) is 7.52. The van der Waals surface area contributed by atoms with E-state index < -0.39 is 10.0 Å². The highest BCUT2D eigenvalue weighted by atomic mass is 32.2. The van der Waals surface area contributed by atoms with Gasteiger partial charge >= 0.3 is 0 Å². The summed E-state index contributed by atoms with van der Waals surface area (Å²) in [6, 6.07) is 4.91. The van der Waals surface area contributed by atoms with Crippen LogP contribution in [-0.2, 0) is 14.8 Å². The lowest BCUT2D eigenvalue weighted by atomic mass is 9.86. The van der Waals surface area contributed by atoms with Crippen molar-refractivity contribution < 1.29 is 13.2 Å². The van der Waals surface area contributed by atoms with E-state index in [-0.39, 0.29) is 23.5 Å². The minimum atomic E-state index is -3.18. The van der Waals surface area contributed by atoms with E-state index in [1.807, 2.05) is 0 Å². The SMILES string of the molecule is Cc1c(NCC2CCC(NS(=O)(=O)C(C)C)CC2)ccc(N2CC(C)OC(C)C2C)c1C. The Kier molecular flexibility index (Phi) is 8.16. The van der Waals surface area contributed by atoms with Crippen molar-refractivity contribution in [1.29, 1.82) is 0 Å². The van der Waals surface area contributed by atoms with Crippen LogP contribution in [0.5, 0.6) is 0 Å². The molecule has 1 aliphatic carbocycles. The summed E-state index contributed by atoms with van der Waals surface area (Å²) in [6.07, 6.45) is 4.39. The summed E-state index contributed by atoms with van der Waals surface area (Å²) in [5, 5.41) is 3.31. The average molecular weight is 466 g/mol. The lowest BCUT2D eigenvalue weighted by Gasteiger charge is -2.43. The number of hydrogen-bond donors (Lipinski definition) is 2. The number of hydrogen-bond acceptors (Lipinski definition) is 5. The lowest BCUT2D eigenvalue weighted by Crippen LogP contribution is -2.52. The predicted octanol–water partition coefficient (Wildman–Crippen LogP) is 4.60. The van der Waals surface area contributed by atoms with Crippen molar-refractivity contribution >= 4 is 21.4 Å². The van der Waals surface area contributed by atoms with E-state index in [1.165, 1.54) is 22.5 Å². The molecular formula is C25H43N3O3S. The molecule has 1 saturated heterocycles. The Morgan fingerprint density at radius 1 is 1.06 bits per heavy atom. The van der Waals surface area contributed by atoms with Crippen molar-refractivity contribution in [2.75, 3.05) is 23.3 Å². The van der Waals surface area contributed by atoms with Crippen molar-refractivity contribution in [3.8, 4) is 0 Å². The minimum absolute atomic E-state index is 0.0854. The van der Waals surface area contributed by atoms with Crippen LogP contribution in [-0.4, -0.2) is 51.0 Å². The van der Waals surface area contributed by atoms with Gasteiger partial charge in [-0.15, -0.1) is 0 Å². The Morgan fingerprint density at radius 3 is 2.34 bits per heavy atom. The second kappa shape index (κ2) is 10.3. The van der Waals surface area contributed by atoms with Crippen molar-refractivity contribution in [3.63, 3.8) is 0 Å². The monoisotopic (exact) mass is 465 g/mol. The van der Waals surface area contributed by atoms with Crippen molar-refractivity contribution in [2.45, 2.75) is 104 Å². The van der Waals surface area contributed by atoms with Crippen molar-refractivity contribution in [1.82, 2.24) is 4.72 Å². The molecule has 1 aromatic rings. The number of ether oxygens (including phenoxy) is 1. The zero-order valence-corrected chi connectivity index (χ0v) is 21.8. The van der Waals surface area contributed by atoms with Crippen LogP contribution in [0.25, 0.3) is 0 Å². The molecule has 7 heteroatoms. The molecule has 2 N–H and O–H groups in total. The van der Waals surface area contributed by atoms with E-state index >= 15 is 0 Å². The highest BCUT2D eigenvalue weighted by Gasteiger charge is 2.31. The van der Waals surface area contributed by atoms with Gasteiger partial charge in [-0.1, -0.05) is 0 Å². The van der Waals surface area contributed by atoms with Gasteiger partial charge < -0.3 is 15.0 Å². The molecule has 1 aromatic carbocycles. The number of morpholine rings is 1. The number of sulfonamides is 1. The van der Waals surface area contributed by atoms with Gasteiger partial charge in [0.1, 0.15) is 0 Å². The van der Waals surface area contributed by atoms with Gasteiger partial charge in [0, 0.05) is 30.5 Å². The molecular weight excluding hydrogens is 422 g/mol. The van der Waals surface area contributed by atoms with Gasteiger partial charge in [-0.3, -0.25) is 0 Å². The molecule has 0 aromatic heterocycles. The first kappa shape index (κ1) is 25.3. The second-order valence-corrected chi connectivity index (χ2v) is 12.5. The van der Waals surface area contributed by atoms with Crippen LogP contribution in [0.2, 0.25) is 0 Å². The number of anilines is 2. The summed E-state index contributed by atoms with van der Waals surface area (Å²) in [5.41, 5.74) is 5.14. The summed E-state index contributed by atoms with van der Waals surface area (Å²) in [4.78, 5) is 2.49. The average Bonchev–Trinajstić information content (AvgIpc) is 2.73. The van der Waals surface area contributed by atoms with Gasteiger partial charge in [-0.25, -0.2) is 13.1 Å². The summed E-state index contributed by atoms with van der Waals surface area (Å²) in [6.45, 7) is 16.3. The molecule has 1 heterocycles. The van der Waals surface area contributed by atoms with Crippen LogP contribution in [0.1, 0.15) is 71.4 Å². The fourth-order valence-electron chi connectivity index (χ4n) is 4.95. The number of nitrogens with zero attached hydrogens (tertiary/aromatic N) is 1.